The van der Waals surface area contributed by atoms with Crippen LogP contribution in [0.2, 0.25) is 0 Å². The number of amides is 1. The SMILES string of the molecule is CC(CS(C)(=O)=O)NC1CCC(NC(=O)O)CC1. The summed E-state index contributed by atoms with van der Waals surface area (Å²) in [5, 5.41) is 14.4. The van der Waals surface area contributed by atoms with Crippen molar-refractivity contribution in [3.63, 3.8) is 0 Å². The van der Waals surface area contributed by atoms with E-state index in [1.54, 1.807) is 0 Å². The van der Waals surface area contributed by atoms with Crippen LogP contribution >= 0.6 is 0 Å². The molecule has 3 N–H and O–H groups in total. The Balaban J connectivity index is 2.29. The summed E-state index contributed by atoms with van der Waals surface area (Å²) in [4.78, 5) is 10.5. The van der Waals surface area contributed by atoms with E-state index in [1.165, 1.54) is 6.26 Å². The molecule has 1 atom stereocenters. The largest absolute Gasteiger partial charge is 0.465 e. The lowest BCUT2D eigenvalue weighted by Crippen LogP contribution is -2.45. The molecule has 0 heterocycles. The first-order valence-corrected chi connectivity index (χ1v) is 8.25. The van der Waals surface area contributed by atoms with E-state index in [0.29, 0.717) is 0 Å². The molecule has 0 aromatic carbocycles. The number of sulfone groups is 1. The van der Waals surface area contributed by atoms with Crippen LogP contribution in [0.4, 0.5) is 4.79 Å². The quantitative estimate of drug-likeness (QED) is 0.684. The Kier molecular flexibility index (Phi) is 5.40. The molecule has 1 fully saturated rings. The van der Waals surface area contributed by atoms with Gasteiger partial charge >= 0.3 is 6.09 Å². The zero-order valence-corrected chi connectivity index (χ0v) is 11.7. The maximum Gasteiger partial charge on any atom is 0.404 e. The minimum absolute atomic E-state index is 0.0331. The molecule has 0 saturated heterocycles. The monoisotopic (exact) mass is 278 g/mol. The number of hydrogen-bond donors (Lipinski definition) is 3. The Morgan fingerprint density at radius 2 is 1.78 bits per heavy atom. The molecule has 0 radical (unpaired) electrons. The summed E-state index contributed by atoms with van der Waals surface area (Å²) in [5.41, 5.74) is 0. The number of nitrogens with one attached hydrogen (secondary N) is 2. The van der Waals surface area contributed by atoms with Crippen LogP contribution in [0.3, 0.4) is 0 Å². The van der Waals surface area contributed by atoms with Gasteiger partial charge in [-0.2, -0.15) is 0 Å². The Morgan fingerprint density at radius 3 is 2.22 bits per heavy atom. The minimum Gasteiger partial charge on any atom is -0.465 e. The maximum atomic E-state index is 11.1. The van der Waals surface area contributed by atoms with Gasteiger partial charge in [0.1, 0.15) is 9.84 Å². The average molecular weight is 278 g/mol. The van der Waals surface area contributed by atoms with E-state index in [2.05, 4.69) is 10.6 Å². The van der Waals surface area contributed by atoms with Gasteiger partial charge in [0.2, 0.25) is 0 Å². The highest BCUT2D eigenvalue weighted by Gasteiger charge is 2.23. The summed E-state index contributed by atoms with van der Waals surface area (Å²) in [6, 6.07) is 0.258. The lowest BCUT2D eigenvalue weighted by molar-refractivity contribution is 0.183. The van der Waals surface area contributed by atoms with Crippen molar-refractivity contribution in [2.24, 2.45) is 0 Å². The summed E-state index contributed by atoms with van der Waals surface area (Å²) in [5.74, 6) is 0.139. The Morgan fingerprint density at radius 1 is 1.28 bits per heavy atom. The molecule has 7 heteroatoms. The van der Waals surface area contributed by atoms with Gasteiger partial charge in [-0.15, -0.1) is 0 Å². The van der Waals surface area contributed by atoms with Gasteiger partial charge in [-0.3, -0.25) is 0 Å². The fourth-order valence-corrected chi connectivity index (χ4v) is 3.49. The van der Waals surface area contributed by atoms with Gasteiger partial charge in [0.05, 0.1) is 5.75 Å². The first-order chi connectivity index (χ1) is 8.26. The molecule has 0 aromatic heterocycles. The maximum absolute atomic E-state index is 11.1. The lowest BCUT2D eigenvalue weighted by atomic mass is 9.91. The fraction of sp³-hybridized carbons (Fsp3) is 0.909. The van der Waals surface area contributed by atoms with Gasteiger partial charge in [0, 0.05) is 24.4 Å². The van der Waals surface area contributed by atoms with Crippen molar-refractivity contribution in [3.05, 3.63) is 0 Å². The molecule has 0 spiro atoms. The lowest BCUT2D eigenvalue weighted by Gasteiger charge is -2.30. The molecular weight excluding hydrogens is 256 g/mol. The fourth-order valence-electron chi connectivity index (χ4n) is 2.48. The van der Waals surface area contributed by atoms with Gasteiger partial charge in [0.25, 0.3) is 0 Å². The smallest absolute Gasteiger partial charge is 0.404 e. The van der Waals surface area contributed by atoms with E-state index in [1.807, 2.05) is 6.92 Å². The van der Waals surface area contributed by atoms with Crippen LogP contribution in [-0.4, -0.2) is 49.8 Å². The average Bonchev–Trinajstić information content (AvgIpc) is 2.17. The van der Waals surface area contributed by atoms with Crippen LogP contribution in [0, 0.1) is 0 Å². The van der Waals surface area contributed by atoms with Crippen LogP contribution in [0.5, 0.6) is 0 Å². The topological polar surface area (TPSA) is 95.5 Å². The van der Waals surface area contributed by atoms with Crippen molar-refractivity contribution in [1.82, 2.24) is 10.6 Å². The van der Waals surface area contributed by atoms with Crippen LogP contribution in [0.15, 0.2) is 0 Å². The van der Waals surface area contributed by atoms with Gasteiger partial charge in [0.15, 0.2) is 0 Å². The Bertz CT molecular complexity index is 375. The van der Waals surface area contributed by atoms with Crippen LogP contribution in [0.25, 0.3) is 0 Å². The summed E-state index contributed by atoms with van der Waals surface area (Å²) in [6.07, 6.45) is 3.61. The predicted molar refractivity (Wildman–Crippen MR) is 69.5 cm³/mol. The van der Waals surface area contributed by atoms with Crippen molar-refractivity contribution in [3.8, 4) is 0 Å². The molecule has 1 amide bonds. The summed E-state index contributed by atoms with van der Waals surface area (Å²) < 4.78 is 22.3. The third kappa shape index (κ3) is 6.20. The molecule has 1 aliphatic carbocycles. The zero-order valence-electron chi connectivity index (χ0n) is 10.8. The van der Waals surface area contributed by atoms with Crippen molar-refractivity contribution in [2.75, 3.05) is 12.0 Å². The molecule has 1 rings (SSSR count). The van der Waals surface area contributed by atoms with Crippen molar-refractivity contribution in [1.29, 1.82) is 0 Å². The molecule has 0 aliphatic heterocycles. The number of rotatable bonds is 5. The minimum atomic E-state index is -2.95. The standard InChI is InChI=1S/C11H22N2O4S/c1-8(7-18(2,16)17)12-9-3-5-10(6-4-9)13-11(14)15/h8-10,12-13H,3-7H2,1-2H3,(H,14,15). The summed E-state index contributed by atoms with van der Waals surface area (Å²) >= 11 is 0. The van der Waals surface area contributed by atoms with E-state index >= 15 is 0 Å². The molecule has 1 aliphatic rings. The van der Waals surface area contributed by atoms with Gasteiger partial charge in [-0.25, -0.2) is 13.2 Å². The van der Waals surface area contributed by atoms with E-state index in [-0.39, 0.29) is 23.9 Å². The normalized spacial score (nSPS) is 26.6. The molecule has 106 valence electrons. The second kappa shape index (κ2) is 6.38. The van der Waals surface area contributed by atoms with Crippen LogP contribution in [-0.2, 0) is 9.84 Å². The van der Waals surface area contributed by atoms with Crippen molar-refractivity contribution < 1.29 is 18.3 Å². The number of carboxylic acid groups (broad SMARTS) is 1. The van der Waals surface area contributed by atoms with Crippen molar-refractivity contribution >= 4 is 15.9 Å². The number of hydrogen-bond acceptors (Lipinski definition) is 4. The molecule has 1 saturated carbocycles. The molecule has 6 nitrogen and oxygen atoms in total. The zero-order chi connectivity index (χ0) is 13.8. The van der Waals surface area contributed by atoms with Crippen molar-refractivity contribution in [2.45, 2.75) is 50.7 Å². The van der Waals surface area contributed by atoms with E-state index in [9.17, 15) is 13.2 Å². The highest BCUT2D eigenvalue weighted by molar-refractivity contribution is 7.90. The van der Waals surface area contributed by atoms with Gasteiger partial charge < -0.3 is 15.7 Å². The second-order valence-electron chi connectivity index (χ2n) is 5.16. The van der Waals surface area contributed by atoms with Gasteiger partial charge in [-0.1, -0.05) is 0 Å². The first kappa shape index (κ1) is 15.2. The molecule has 1 unspecified atom stereocenters. The summed E-state index contributed by atoms with van der Waals surface area (Å²) in [6.45, 7) is 1.86. The second-order valence-corrected chi connectivity index (χ2v) is 7.34. The van der Waals surface area contributed by atoms with E-state index < -0.39 is 15.9 Å². The predicted octanol–water partition coefficient (Wildman–Crippen LogP) is 0.588. The van der Waals surface area contributed by atoms with Crippen LogP contribution < -0.4 is 10.6 Å². The van der Waals surface area contributed by atoms with Crippen LogP contribution in [0.1, 0.15) is 32.6 Å². The van der Waals surface area contributed by atoms with E-state index in [4.69, 9.17) is 5.11 Å². The molecule has 18 heavy (non-hydrogen) atoms. The third-order valence-electron chi connectivity index (χ3n) is 3.13. The van der Waals surface area contributed by atoms with Gasteiger partial charge in [-0.05, 0) is 32.6 Å². The molecular formula is C11H22N2O4S. The highest BCUT2D eigenvalue weighted by atomic mass is 32.2. The number of carbonyl (C=O) groups is 1. The Hall–Kier alpha value is -0.820. The molecule has 0 aromatic rings. The third-order valence-corrected chi connectivity index (χ3v) is 4.23. The summed E-state index contributed by atoms with van der Waals surface area (Å²) in [7, 11) is -2.95. The Labute approximate surface area is 108 Å². The molecule has 0 bridgehead atoms. The van der Waals surface area contributed by atoms with E-state index in [0.717, 1.165) is 25.7 Å². The highest BCUT2D eigenvalue weighted by Crippen LogP contribution is 2.19. The first-order valence-electron chi connectivity index (χ1n) is 6.19.